The second kappa shape index (κ2) is 7.90. The topological polar surface area (TPSA) is 110 Å². The first-order chi connectivity index (χ1) is 15.0. The second-order valence-corrected chi connectivity index (χ2v) is 8.53. The number of hydrogen-bond donors (Lipinski definition) is 3. The van der Waals surface area contributed by atoms with E-state index in [1.54, 1.807) is 0 Å². The van der Waals surface area contributed by atoms with Crippen molar-refractivity contribution in [3.05, 3.63) is 60.2 Å². The highest BCUT2D eigenvalue weighted by atomic mass is 16.3. The summed E-state index contributed by atoms with van der Waals surface area (Å²) in [5.74, 6) is 0.423. The minimum atomic E-state index is -0.845. The molecule has 1 aliphatic carbocycles. The Morgan fingerprint density at radius 3 is 2.77 bits per heavy atom. The molecule has 4 N–H and O–H groups in total. The standard InChI is InChI=1S/C24H27N5O2/c1-2-14-9-16-5-3-15(10-19(16)26-12-14)4-6-17-11-20(22(31)21(17)30)29-8-7-18-23(25)27-13-28-24(18)29/h3,5,7-10,12-13,17,20-22,30-31H,2,4,6,11H2,1H3,(H2,25,27,28)/t17-,20+,21+,22-/m0/s1. The Kier molecular flexibility index (Phi) is 5.08. The van der Waals surface area contributed by atoms with Crippen LogP contribution >= 0.6 is 0 Å². The van der Waals surface area contributed by atoms with Crippen LogP contribution in [-0.4, -0.2) is 41.9 Å². The molecule has 3 heterocycles. The first kappa shape index (κ1) is 19.9. The molecular weight excluding hydrogens is 390 g/mol. The van der Waals surface area contributed by atoms with Crippen LogP contribution in [0.3, 0.4) is 0 Å². The zero-order chi connectivity index (χ0) is 21.5. The van der Waals surface area contributed by atoms with Crippen LogP contribution in [0.4, 0.5) is 5.82 Å². The van der Waals surface area contributed by atoms with Crippen LogP contribution in [-0.2, 0) is 12.8 Å². The van der Waals surface area contributed by atoms with Gasteiger partial charge < -0.3 is 20.5 Å². The number of anilines is 1. The van der Waals surface area contributed by atoms with Gasteiger partial charge in [0.25, 0.3) is 0 Å². The highest BCUT2D eigenvalue weighted by molar-refractivity contribution is 5.86. The summed E-state index contributed by atoms with van der Waals surface area (Å²) >= 11 is 0. The predicted octanol–water partition coefficient (Wildman–Crippen LogP) is 3.04. The van der Waals surface area contributed by atoms with Crippen LogP contribution < -0.4 is 5.73 Å². The number of nitrogen functional groups attached to an aromatic ring is 1. The first-order valence-corrected chi connectivity index (χ1v) is 10.9. The van der Waals surface area contributed by atoms with E-state index in [1.165, 1.54) is 17.5 Å². The number of pyridine rings is 1. The molecule has 1 fully saturated rings. The molecule has 7 nitrogen and oxygen atoms in total. The zero-order valence-electron chi connectivity index (χ0n) is 17.5. The zero-order valence-corrected chi connectivity index (χ0v) is 17.5. The van der Waals surface area contributed by atoms with Crippen LogP contribution in [0, 0.1) is 5.92 Å². The Labute approximate surface area is 180 Å². The predicted molar refractivity (Wildman–Crippen MR) is 121 cm³/mol. The fourth-order valence-electron chi connectivity index (χ4n) is 4.83. The van der Waals surface area contributed by atoms with Crippen molar-refractivity contribution in [2.24, 2.45) is 5.92 Å². The summed E-state index contributed by atoms with van der Waals surface area (Å²) in [7, 11) is 0. The second-order valence-electron chi connectivity index (χ2n) is 8.53. The van der Waals surface area contributed by atoms with Crippen molar-refractivity contribution in [1.29, 1.82) is 0 Å². The van der Waals surface area contributed by atoms with Crippen LogP contribution in [0.5, 0.6) is 0 Å². The fourth-order valence-corrected chi connectivity index (χ4v) is 4.83. The monoisotopic (exact) mass is 417 g/mol. The molecule has 0 unspecified atom stereocenters. The lowest BCUT2D eigenvalue weighted by Crippen LogP contribution is -2.29. The lowest BCUT2D eigenvalue weighted by Gasteiger charge is -2.19. The molecule has 5 rings (SSSR count). The third kappa shape index (κ3) is 3.54. The van der Waals surface area contributed by atoms with Gasteiger partial charge in [-0.05, 0) is 60.9 Å². The van der Waals surface area contributed by atoms with Crippen LogP contribution in [0.2, 0.25) is 0 Å². The SMILES string of the molecule is CCc1cnc2cc(CC[C@H]3C[C@@H](n4ccc5c(N)ncnc54)[C@H](O)[C@@H]3O)ccc2c1. The highest BCUT2D eigenvalue weighted by Crippen LogP contribution is 2.39. The van der Waals surface area contributed by atoms with Gasteiger partial charge in [0.2, 0.25) is 0 Å². The summed E-state index contributed by atoms with van der Waals surface area (Å²) in [6.45, 7) is 2.13. The number of aliphatic hydroxyl groups is 2. The van der Waals surface area contributed by atoms with Crippen LogP contribution in [0.25, 0.3) is 21.9 Å². The quantitative estimate of drug-likeness (QED) is 0.460. The van der Waals surface area contributed by atoms with Gasteiger partial charge in [-0.3, -0.25) is 4.98 Å². The number of nitrogens with zero attached hydrogens (tertiary/aromatic N) is 4. The maximum absolute atomic E-state index is 10.8. The molecule has 31 heavy (non-hydrogen) atoms. The molecule has 1 aliphatic rings. The summed E-state index contributed by atoms with van der Waals surface area (Å²) in [6, 6.07) is 10.2. The number of fused-ring (bicyclic) bond motifs is 2. The van der Waals surface area contributed by atoms with E-state index in [-0.39, 0.29) is 12.0 Å². The minimum Gasteiger partial charge on any atom is -0.390 e. The van der Waals surface area contributed by atoms with Crippen molar-refractivity contribution >= 4 is 27.8 Å². The number of hydrogen-bond acceptors (Lipinski definition) is 6. The molecule has 0 amide bonds. The molecule has 0 radical (unpaired) electrons. The number of aromatic nitrogens is 4. The van der Waals surface area contributed by atoms with Crippen LogP contribution in [0.1, 0.15) is 36.9 Å². The third-order valence-corrected chi connectivity index (χ3v) is 6.69. The van der Waals surface area contributed by atoms with Gasteiger partial charge in [0, 0.05) is 17.8 Å². The number of benzene rings is 1. The van der Waals surface area contributed by atoms with E-state index in [2.05, 4.69) is 46.1 Å². The summed E-state index contributed by atoms with van der Waals surface area (Å²) in [6.07, 6.45) is 6.91. The summed E-state index contributed by atoms with van der Waals surface area (Å²) in [5.41, 5.74) is 10.1. The van der Waals surface area contributed by atoms with Crippen molar-refractivity contribution in [3.8, 4) is 0 Å². The van der Waals surface area contributed by atoms with Crippen LogP contribution in [0.15, 0.2) is 49.1 Å². The largest absolute Gasteiger partial charge is 0.390 e. The van der Waals surface area contributed by atoms with Crippen molar-refractivity contribution in [2.75, 3.05) is 5.73 Å². The lowest BCUT2D eigenvalue weighted by atomic mass is 9.95. The van der Waals surface area contributed by atoms with E-state index in [0.717, 1.165) is 35.6 Å². The van der Waals surface area contributed by atoms with Gasteiger partial charge in [-0.1, -0.05) is 19.1 Å². The van der Waals surface area contributed by atoms with Crippen molar-refractivity contribution in [2.45, 2.75) is 50.9 Å². The number of aliphatic hydroxyl groups excluding tert-OH is 2. The van der Waals surface area contributed by atoms with E-state index >= 15 is 0 Å². The maximum atomic E-state index is 10.8. The van der Waals surface area contributed by atoms with Gasteiger partial charge in [0.1, 0.15) is 23.9 Å². The number of nitrogens with two attached hydrogens (primary N) is 1. The normalized spacial score (nSPS) is 23.7. The molecule has 0 saturated heterocycles. The maximum Gasteiger partial charge on any atom is 0.145 e. The van der Waals surface area contributed by atoms with E-state index in [9.17, 15) is 10.2 Å². The van der Waals surface area contributed by atoms with E-state index in [1.807, 2.05) is 23.0 Å². The van der Waals surface area contributed by atoms with E-state index < -0.39 is 12.2 Å². The Balaban J connectivity index is 1.32. The minimum absolute atomic E-state index is 0.00255. The van der Waals surface area contributed by atoms with Crippen molar-refractivity contribution in [3.63, 3.8) is 0 Å². The molecule has 4 aromatic rings. The summed E-state index contributed by atoms with van der Waals surface area (Å²) < 4.78 is 1.92. The van der Waals surface area contributed by atoms with Gasteiger partial charge >= 0.3 is 0 Å². The molecule has 7 heteroatoms. The molecule has 0 spiro atoms. The Morgan fingerprint density at radius 1 is 1.06 bits per heavy atom. The van der Waals surface area contributed by atoms with E-state index in [0.29, 0.717) is 17.9 Å². The molecule has 1 saturated carbocycles. The molecule has 3 aromatic heterocycles. The molecular formula is C24H27N5O2. The summed E-state index contributed by atoms with van der Waals surface area (Å²) in [5, 5.41) is 23.4. The fraction of sp³-hybridized carbons (Fsp3) is 0.375. The third-order valence-electron chi connectivity index (χ3n) is 6.69. The van der Waals surface area contributed by atoms with Gasteiger partial charge in [-0.2, -0.15) is 0 Å². The molecule has 0 aliphatic heterocycles. The van der Waals surface area contributed by atoms with E-state index in [4.69, 9.17) is 5.73 Å². The average molecular weight is 418 g/mol. The van der Waals surface area contributed by atoms with Crippen molar-refractivity contribution < 1.29 is 10.2 Å². The molecule has 160 valence electrons. The summed E-state index contributed by atoms with van der Waals surface area (Å²) in [4.78, 5) is 13.0. The Morgan fingerprint density at radius 2 is 1.94 bits per heavy atom. The van der Waals surface area contributed by atoms with Crippen molar-refractivity contribution in [1.82, 2.24) is 19.5 Å². The molecule has 4 atom stereocenters. The lowest BCUT2D eigenvalue weighted by molar-refractivity contribution is 0.00545. The average Bonchev–Trinajstić information content (AvgIpc) is 3.34. The van der Waals surface area contributed by atoms with Gasteiger partial charge in [-0.25, -0.2) is 9.97 Å². The number of rotatable bonds is 5. The Hall–Kier alpha value is -3.03. The van der Waals surface area contributed by atoms with Gasteiger partial charge in [0.15, 0.2) is 0 Å². The molecule has 1 aromatic carbocycles. The number of aryl methyl sites for hydroxylation is 2. The Bertz CT molecular complexity index is 1240. The molecule has 0 bridgehead atoms. The van der Waals surface area contributed by atoms with Gasteiger partial charge in [-0.15, -0.1) is 0 Å². The first-order valence-electron chi connectivity index (χ1n) is 10.9. The van der Waals surface area contributed by atoms with Gasteiger partial charge in [0.05, 0.1) is 23.0 Å². The smallest absolute Gasteiger partial charge is 0.145 e. The highest BCUT2D eigenvalue weighted by Gasteiger charge is 2.42.